The molecule has 2 heterocycles. The molecular formula is C10H16N4O3. The first-order valence-corrected chi connectivity index (χ1v) is 5.59. The molecule has 1 saturated heterocycles. The fourth-order valence-electron chi connectivity index (χ4n) is 2.04. The fraction of sp³-hybridized carbons (Fsp3) is 0.700. The fourth-order valence-corrected chi connectivity index (χ4v) is 2.04. The first kappa shape index (κ1) is 12.0. The summed E-state index contributed by atoms with van der Waals surface area (Å²) in [4.78, 5) is 14.7. The molecule has 0 bridgehead atoms. The van der Waals surface area contributed by atoms with Crippen LogP contribution in [0.4, 0.5) is 0 Å². The van der Waals surface area contributed by atoms with Crippen molar-refractivity contribution in [1.82, 2.24) is 14.8 Å². The lowest BCUT2D eigenvalue weighted by Gasteiger charge is -2.14. The van der Waals surface area contributed by atoms with Crippen molar-refractivity contribution in [3.8, 4) is 0 Å². The maximum Gasteiger partial charge on any atom is 0.288 e. The van der Waals surface area contributed by atoms with Gasteiger partial charge in [-0.05, 0) is 6.42 Å². The normalized spacial score (nSPS) is 32.9. The second-order valence-electron chi connectivity index (χ2n) is 4.24. The molecule has 0 aromatic carbocycles. The average molecular weight is 240 g/mol. The Kier molecular flexibility index (Phi) is 3.12. The molecule has 1 amide bonds. The summed E-state index contributed by atoms with van der Waals surface area (Å²) in [5.41, 5.74) is 5.07. The Hall–Kier alpha value is -1.47. The smallest absolute Gasteiger partial charge is 0.288 e. The second-order valence-corrected chi connectivity index (χ2v) is 4.24. The summed E-state index contributed by atoms with van der Waals surface area (Å²) in [7, 11) is 0. The molecule has 3 N–H and O–H groups in total. The molecule has 1 aliphatic heterocycles. The maximum atomic E-state index is 10.9. The highest BCUT2D eigenvalue weighted by Gasteiger charge is 2.41. The molecule has 7 heteroatoms. The number of carbonyl (C=O) groups is 1. The summed E-state index contributed by atoms with van der Waals surface area (Å²) >= 11 is 0. The molecule has 1 aromatic rings. The third kappa shape index (κ3) is 2.03. The van der Waals surface area contributed by atoms with Crippen LogP contribution in [0.25, 0.3) is 0 Å². The summed E-state index contributed by atoms with van der Waals surface area (Å²) in [5.74, 6) is -0.834. The van der Waals surface area contributed by atoms with Gasteiger partial charge in [0.15, 0.2) is 6.23 Å². The van der Waals surface area contributed by atoms with Crippen LogP contribution in [0.15, 0.2) is 6.33 Å². The predicted octanol–water partition coefficient (Wildman–Crippen LogP) is -0.319. The van der Waals surface area contributed by atoms with E-state index >= 15 is 0 Å². The summed E-state index contributed by atoms with van der Waals surface area (Å²) in [5, 5.41) is 13.9. The second kappa shape index (κ2) is 4.42. The molecule has 17 heavy (non-hydrogen) atoms. The summed E-state index contributed by atoms with van der Waals surface area (Å²) < 4.78 is 7.11. The predicted molar refractivity (Wildman–Crippen MR) is 57.9 cm³/mol. The lowest BCUT2D eigenvalue weighted by molar-refractivity contribution is -0.0288. The minimum Gasteiger partial charge on any atom is -0.390 e. The van der Waals surface area contributed by atoms with E-state index in [1.807, 2.05) is 13.8 Å². The van der Waals surface area contributed by atoms with Crippen LogP contribution < -0.4 is 5.73 Å². The van der Waals surface area contributed by atoms with Crippen molar-refractivity contribution in [3.05, 3.63) is 12.2 Å². The van der Waals surface area contributed by atoms with Crippen LogP contribution >= 0.6 is 0 Å². The van der Waals surface area contributed by atoms with Gasteiger partial charge in [-0.2, -0.15) is 0 Å². The zero-order chi connectivity index (χ0) is 12.6. The van der Waals surface area contributed by atoms with Gasteiger partial charge in [-0.3, -0.25) is 4.79 Å². The molecule has 1 aromatic heterocycles. The van der Waals surface area contributed by atoms with Gasteiger partial charge in [-0.1, -0.05) is 13.8 Å². The monoisotopic (exact) mass is 240 g/mol. The third-order valence-corrected chi connectivity index (χ3v) is 3.08. The summed E-state index contributed by atoms with van der Waals surface area (Å²) in [6.45, 7) is 3.82. The van der Waals surface area contributed by atoms with E-state index in [1.54, 1.807) is 0 Å². The molecular weight excluding hydrogens is 224 g/mol. The zero-order valence-corrected chi connectivity index (χ0v) is 9.78. The van der Waals surface area contributed by atoms with Crippen molar-refractivity contribution in [2.24, 2.45) is 11.7 Å². The van der Waals surface area contributed by atoms with Crippen molar-refractivity contribution in [2.45, 2.75) is 38.7 Å². The van der Waals surface area contributed by atoms with Gasteiger partial charge in [0.1, 0.15) is 6.33 Å². The van der Waals surface area contributed by atoms with Crippen LogP contribution in [0.3, 0.4) is 0 Å². The molecule has 94 valence electrons. The topological polar surface area (TPSA) is 103 Å². The highest BCUT2D eigenvalue weighted by atomic mass is 16.5. The van der Waals surface area contributed by atoms with Gasteiger partial charge in [-0.15, -0.1) is 5.10 Å². The molecule has 7 nitrogen and oxygen atoms in total. The molecule has 0 spiro atoms. The van der Waals surface area contributed by atoms with E-state index in [2.05, 4.69) is 10.1 Å². The number of aliphatic hydroxyl groups excluding tert-OH is 1. The Balaban J connectivity index is 2.19. The number of aromatic nitrogens is 3. The van der Waals surface area contributed by atoms with Gasteiger partial charge in [0, 0.05) is 5.92 Å². The zero-order valence-electron chi connectivity index (χ0n) is 9.78. The van der Waals surface area contributed by atoms with E-state index < -0.39 is 18.2 Å². The van der Waals surface area contributed by atoms with Crippen molar-refractivity contribution < 1.29 is 14.6 Å². The molecule has 4 atom stereocenters. The van der Waals surface area contributed by atoms with Crippen LogP contribution in [-0.4, -0.2) is 38.0 Å². The molecule has 1 aliphatic rings. The van der Waals surface area contributed by atoms with Crippen LogP contribution in [0.2, 0.25) is 0 Å². The van der Waals surface area contributed by atoms with Crippen LogP contribution in [0, 0.1) is 5.92 Å². The van der Waals surface area contributed by atoms with E-state index in [4.69, 9.17) is 10.5 Å². The summed E-state index contributed by atoms with van der Waals surface area (Å²) in [6.07, 6.45) is 0.962. The van der Waals surface area contributed by atoms with Crippen molar-refractivity contribution >= 4 is 5.91 Å². The number of hydrogen-bond acceptors (Lipinski definition) is 5. The van der Waals surface area contributed by atoms with Gasteiger partial charge >= 0.3 is 0 Å². The van der Waals surface area contributed by atoms with Gasteiger partial charge in [0.25, 0.3) is 5.91 Å². The van der Waals surface area contributed by atoms with Gasteiger partial charge in [0.2, 0.25) is 5.82 Å². The van der Waals surface area contributed by atoms with Crippen LogP contribution in [-0.2, 0) is 4.74 Å². The molecule has 2 unspecified atom stereocenters. The van der Waals surface area contributed by atoms with Crippen LogP contribution in [0.5, 0.6) is 0 Å². The molecule has 0 aliphatic carbocycles. The number of hydrogen-bond donors (Lipinski definition) is 2. The average Bonchev–Trinajstić information content (AvgIpc) is 2.87. The molecule has 2 rings (SSSR count). The first-order chi connectivity index (χ1) is 8.04. The Labute approximate surface area is 98.6 Å². The Morgan fingerprint density at radius 3 is 2.88 bits per heavy atom. The standard InChI is InChI=1S/C10H16N4O3/c1-3-6-7(15)5(2)10(17-6)14-4-12-9(13-14)8(11)16/h4-7,10,15H,3H2,1-2H3,(H2,11,16)/t5-,6?,7+,10?/m1/s1. The van der Waals surface area contributed by atoms with Crippen LogP contribution in [0.1, 0.15) is 37.1 Å². The minimum atomic E-state index is -0.679. The maximum absolute atomic E-state index is 10.9. The van der Waals surface area contributed by atoms with Crippen molar-refractivity contribution in [2.75, 3.05) is 0 Å². The van der Waals surface area contributed by atoms with Crippen molar-refractivity contribution in [3.63, 3.8) is 0 Å². The lowest BCUT2D eigenvalue weighted by Crippen LogP contribution is -2.24. The number of ether oxygens (including phenoxy) is 1. The van der Waals surface area contributed by atoms with E-state index in [1.165, 1.54) is 11.0 Å². The Bertz CT molecular complexity index is 419. The van der Waals surface area contributed by atoms with Crippen molar-refractivity contribution in [1.29, 1.82) is 0 Å². The van der Waals surface area contributed by atoms with E-state index in [0.717, 1.165) is 6.42 Å². The molecule has 1 fully saturated rings. The van der Waals surface area contributed by atoms with E-state index in [0.29, 0.717) is 0 Å². The number of nitrogens with zero attached hydrogens (tertiary/aromatic N) is 3. The summed E-state index contributed by atoms with van der Waals surface area (Å²) in [6, 6.07) is 0. The lowest BCUT2D eigenvalue weighted by atomic mass is 10.0. The Morgan fingerprint density at radius 2 is 2.41 bits per heavy atom. The number of amides is 1. The highest BCUT2D eigenvalue weighted by molar-refractivity contribution is 5.88. The highest BCUT2D eigenvalue weighted by Crippen LogP contribution is 2.34. The number of primary amides is 1. The van der Waals surface area contributed by atoms with E-state index in [-0.39, 0.29) is 17.8 Å². The first-order valence-electron chi connectivity index (χ1n) is 5.59. The number of rotatable bonds is 3. The Morgan fingerprint density at radius 1 is 1.71 bits per heavy atom. The molecule has 0 saturated carbocycles. The van der Waals surface area contributed by atoms with E-state index in [9.17, 15) is 9.90 Å². The van der Waals surface area contributed by atoms with Gasteiger partial charge < -0.3 is 15.6 Å². The number of carbonyl (C=O) groups excluding carboxylic acids is 1. The SMILES string of the molecule is CCC1OC(n2cnc(C(N)=O)n2)[C@H](C)[C@@H]1O. The van der Waals surface area contributed by atoms with Gasteiger partial charge in [0.05, 0.1) is 12.2 Å². The number of aliphatic hydroxyl groups is 1. The van der Waals surface area contributed by atoms with Gasteiger partial charge in [-0.25, -0.2) is 9.67 Å². The minimum absolute atomic E-state index is 0.0461. The largest absolute Gasteiger partial charge is 0.390 e. The quantitative estimate of drug-likeness (QED) is 0.753. The molecule has 0 radical (unpaired) electrons. The third-order valence-electron chi connectivity index (χ3n) is 3.08. The number of nitrogens with two attached hydrogens (primary N) is 1.